The van der Waals surface area contributed by atoms with E-state index in [1.165, 1.54) is 24.6 Å². The summed E-state index contributed by atoms with van der Waals surface area (Å²) in [5.74, 6) is -1.93. The molecule has 0 bridgehead atoms. The first-order chi connectivity index (χ1) is 12.6. The molecule has 27 heavy (non-hydrogen) atoms. The molecule has 0 aliphatic carbocycles. The molecule has 8 nitrogen and oxygen atoms in total. The van der Waals surface area contributed by atoms with E-state index < -0.39 is 18.0 Å². The van der Waals surface area contributed by atoms with Crippen LogP contribution in [0.15, 0.2) is 17.1 Å². The van der Waals surface area contributed by atoms with Crippen molar-refractivity contribution in [2.24, 2.45) is 16.6 Å². The van der Waals surface area contributed by atoms with Crippen LogP contribution in [0.5, 0.6) is 0 Å². The molecule has 1 heterocycles. The number of carbonyl (C=O) groups is 3. The molecule has 0 fully saturated rings. The first kappa shape index (κ1) is 20.3. The van der Waals surface area contributed by atoms with Gasteiger partial charge in [0, 0.05) is 26.2 Å². The molecule has 0 saturated heterocycles. The summed E-state index contributed by atoms with van der Waals surface area (Å²) in [7, 11) is 0. The van der Waals surface area contributed by atoms with Crippen LogP contribution in [0.3, 0.4) is 0 Å². The van der Waals surface area contributed by atoms with E-state index in [-0.39, 0.29) is 11.8 Å². The summed E-state index contributed by atoms with van der Waals surface area (Å²) in [5.41, 5.74) is 9.13. The van der Waals surface area contributed by atoms with Gasteiger partial charge in [0.2, 0.25) is 11.8 Å². The van der Waals surface area contributed by atoms with Crippen LogP contribution in [0.25, 0.3) is 0 Å². The lowest BCUT2D eigenvalue weighted by Gasteiger charge is -2.31. The van der Waals surface area contributed by atoms with Crippen LogP contribution in [-0.4, -0.2) is 54.5 Å². The summed E-state index contributed by atoms with van der Waals surface area (Å²) < 4.78 is 1.24. The van der Waals surface area contributed by atoms with E-state index in [9.17, 15) is 14.4 Å². The predicted octanol–water partition coefficient (Wildman–Crippen LogP) is 0.649. The highest BCUT2D eigenvalue weighted by Gasteiger charge is 2.42. The molecule has 0 radical (unpaired) electrons. The number of nitrogens with two attached hydrogens (primary N) is 1. The molecule has 0 aromatic heterocycles. The van der Waals surface area contributed by atoms with Crippen molar-refractivity contribution in [3.8, 4) is 0 Å². The number of fused-ring (bicyclic) bond motifs is 1. The van der Waals surface area contributed by atoms with Crippen LogP contribution in [0.1, 0.15) is 25.0 Å². The molecule has 1 aromatic rings. The minimum absolute atomic E-state index is 0.164. The van der Waals surface area contributed by atoms with E-state index in [0.717, 1.165) is 16.8 Å². The quantitative estimate of drug-likeness (QED) is 0.584. The Balaban J connectivity index is 2.61. The standard InChI is InChI=1S/C19H25N5O3/c1-11-8-16-17(9-12(11)2)24(7-6-21-13(3)25)19(23(5)14(4)26)15(10-22-16)18(20)27/h8-10,15,19H,5-7H2,1-4H3,(H2-,20,21,25,27)/p+1. The van der Waals surface area contributed by atoms with E-state index in [2.05, 4.69) is 17.0 Å². The van der Waals surface area contributed by atoms with Crippen LogP contribution in [0, 0.1) is 19.8 Å². The first-order valence-electron chi connectivity index (χ1n) is 8.69. The Morgan fingerprint density at radius 3 is 2.44 bits per heavy atom. The molecule has 3 amide bonds. The second kappa shape index (κ2) is 8.11. The van der Waals surface area contributed by atoms with Gasteiger partial charge in [-0.1, -0.05) is 0 Å². The number of rotatable bonds is 5. The third kappa shape index (κ3) is 4.39. The van der Waals surface area contributed by atoms with Crippen molar-refractivity contribution in [2.75, 3.05) is 18.0 Å². The second-order valence-corrected chi connectivity index (χ2v) is 6.71. The van der Waals surface area contributed by atoms with Crippen molar-refractivity contribution < 1.29 is 19.0 Å². The lowest BCUT2D eigenvalue weighted by molar-refractivity contribution is -0.482. The van der Waals surface area contributed by atoms with Gasteiger partial charge in [-0.3, -0.25) is 14.6 Å². The van der Waals surface area contributed by atoms with Gasteiger partial charge in [-0.2, -0.15) is 4.58 Å². The van der Waals surface area contributed by atoms with Crippen molar-refractivity contribution >= 4 is 42.0 Å². The average molecular weight is 372 g/mol. The lowest BCUT2D eigenvalue weighted by atomic mass is 10.0. The van der Waals surface area contributed by atoms with Crippen molar-refractivity contribution in [3.63, 3.8) is 0 Å². The summed E-state index contributed by atoms with van der Waals surface area (Å²) in [4.78, 5) is 41.8. The van der Waals surface area contributed by atoms with Gasteiger partial charge in [0.25, 0.3) is 6.17 Å². The van der Waals surface area contributed by atoms with Crippen molar-refractivity contribution in [2.45, 2.75) is 33.9 Å². The maximum absolute atomic E-state index is 12.1. The third-order valence-corrected chi connectivity index (χ3v) is 4.69. The molecule has 2 rings (SSSR count). The maximum Gasteiger partial charge on any atom is 0.385 e. The van der Waals surface area contributed by atoms with E-state index in [4.69, 9.17) is 5.73 Å². The van der Waals surface area contributed by atoms with Gasteiger partial charge in [0.15, 0.2) is 5.92 Å². The molecule has 1 aliphatic rings. The Morgan fingerprint density at radius 1 is 1.26 bits per heavy atom. The van der Waals surface area contributed by atoms with Gasteiger partial charge in [-0.15, -0.1) is 0 Å². The Hall–Kier alpha value is -3.03. The fourth-order valence-corrected chi connectivity index (χ4v) is 3.07. The Morgan fingerprint density at radius 2 is 1.89 bits per heavy atom. The van der Waals surface area contributed by atoms with E-state index in [1.807, 2.05) is 30.9 Å². The SMILES string of the molecule is C=[N+](C(C)=O)C1C(C(N)=O)C=Nc2cc(C)c(C)cc2N1CCNC(C)=O. The minimum Gasteiger partial charge on any atom is -0.369 e. The maximum atomic E-state index is 12.1. The number of nitrogens with zero attached hydrogens (tertiary/aromatic N) is 3. The molecular weight excluding hydrogens is 346 g/mol. The molecule has 144 valence electrons. The largest absolute Gasteiger partial charge is 0.385 e. The first-order valence-corrected chi connectivity index (χ1v) is 8.69. The number of primary amides is 1. The number of nitrogens with one attached hydrogen (secondary N) is 1. The van der Waals surface area contributed by atoms with Crippen LogP contribution in [-0.2, 0) is 14.4 Å². The van der Waals surface area contributed by atoms with Crippen LogP contribution in [0.4, 0.5) is 11.4 Å². The van der Waals surface area contributed by atoms with Gasteiger partial charge in [-0.05, 0) is 37.1 Å². The molecule has 0 saturated carbocycles. The summed E-state index contributed by atoms with van der Waals surface area (Å²) in [6, 6.07) is 3.88. The van der Waals surface area contributed by atoms with Crippen LogP contribution in [0.2, 0.25) is 0 Å². The second-order valence-electron chi connectivity index (χ2n) is 6.71. The zero-order chi connectivity index (χ0) is 20.3. The predicted molar refractivity (Wildman–Crippen MR) is 105 cm³/mol. The fourth-order valence-electron chi connectivity index (χ4n) is 3.07. The van der Waals surface area contributed by atoms with Crippen LogP contribution >= 0.6 is 0 Å². The number of aliphatic imine (C=N–C) groups is 1. The van der Waals surface area contributed by atoms with E-state index in [0.29, 0.717) is 18.8 Å². The van der Waals surface area contributed by atoms with Crippen LogP contribution < -0.4 is 16.0 Å². The molecule has 8 heteroatoms. The Bertz CT molecular complexity index is 831. The van der Waals surface area contributed by atoms with E-state index >= 15 is 0 Å². The van der Waals surface area contributed by atoms with Gasteiger partial charge < -0.3 is 16.0 Å². The zero-order valence-corrected chi connectivity index (χ0v) is 16.2. The summed E-state index contributed by atoms with van der Waals surface area (Å²) in [6.45, 7) is 11.3. The molecule has 0 spiro atoms. The number of amides is 3. The Labute approximate surface area is 158 Å². The topological polar surface area (TPSA) is 108 Å². The number of hydrogen-bond donors (Lipinski definition) is 2. The van der Waals surface area contributed by atoms with Crippen molar-refractivity contribution in [1.29, 1.82) is 0 Å². The van der Waals surface area contributed by atoms with Crippen molar-refractivity contribution in [1.82, 2.24) is 5.32 Å². The smallest absolute Gasteiger partial charge is 0.369 e. The molecular formula is C19H26N5O3+. The minimum atomic E-state index is -0.850. The number of anilines is 1. The molecule has 1 aromatic carbocycles. The fraction of sp³-hybridized carbons (Fsp3) is 0.421. The van der Waals surface area contributed by atoms with Gasteiger partial charge in [-0.25, -0.2) is 4.79 Å². The highest BCUT2D eigenvalue weighted by atomic mass is 16.2. The number of hydrogen-bond acceptors (Lipinski definition) is 5. The van der Waals surface area contributed by atoms with Gasteiger partial charge in [0.1, 0.15) is 6.72 Å². The molecule has 2 atom stereocenters. The summed E-state index contributed by atoms with van der Waals surface area (Å²) >= 11 is 0. The molecule has 3 N–H and O–H groups in total. The van der Waals surface area contributed by atoms with Gasteiger partial charge in [0.05, 0.1) is 18.3 Å². The molecule has 1 aliphatic heterocycles. The average Bonchev–Trinajstić information content (AvgIpc) is 2.72. The highest BCUT2D eigenvalue weighted by molar-refractivity contribution is 5.96. The zero-order valence-electron chi connectivity index (χ0n) is 16.2. The normalized spacial score (nSPS) is 18.4. The highest BCUT2D eigenvalue weighted by Crippen LogP contribution is 2.36. The Kier molecular flexibility index (Phi) is 6.09. The molecule has 2 unspecified atom stereocenters. The number of benzene rings is 1. The number of aryl methyl sites for hydroxylation is 2. The summed E-state index contributed by atoms with van der Waals surface area (Å²) in [6.07, 6.45) is 0.723. The third-order valence-electron chi connectivity index (χ3n) is 4.69. The lowest BCUT2D eigenvalue weighted by Crippen LogP contribution is -2.55. The van der Waals surface area contributed by atoms with Gasteiger partial charge >= 0.3 is 5.91 Å². The monoisotopic (exact) mass is 372 g/mol. The number of carbonyl (C=O) groups excluding carboxylic acids is 3. The van der Waals surface area contributed by atoms with E-state index in [1.54, 1.807) is 0 Å². The summed E-state index contributed by atoms with van der Waals surface area (Å²) in [5, 5.41) is 2.74. The van der Waals surface area contributed by atoms with Crippen molar-refractivity contribution in [3.05, 3.63) is 23.3 Å².